The first kappa shape index (κ1) is 20.3. The van der Waals surface area contributed by atoms with Crippen LogP contribution in [0.1, 0.15) is 31.0 Å². The molecule has 0 radical (unpaired) electrons. The molecule has 4 rings (SSSR count). The first-order chi connectivity index (χ1) is 14.5. The minimum Gasteiger partial charge on any atom is -0.497 e. The molecule has 0 saturated heterocycles. The molecule has 8 heteroatoms. The molecule has 6 nitrogen and oxygen atoms in total. The number of carbonyl (C=O) groups excluding carboxylic acids is 1. The van der Waals surface area contributed by atoms with Gasteiger partial charge in [0.25, 0.3) is 5.56 Å². The van der Waals surface area contributed by atoms with Crippen LogP contribution in [0.25, 0.3) is 6.08 Å². The Labute approximate surface area is 181 Å². The first-order valence-corrected chi connectivity index (χ1v) is 11.1. The lowest BCUT2D eigenvalue weighted by Crippen LogP contribution is -2.39. The van der Waals surface area contributed by atoms with Crippen molar-refractivity contribution in [2.24, 2.45) is 4.99 Å². The lowest BCUT2D eigenvalue weighted by Gasteiger charge is -2.24. The van der Waals surface area contributed by atoms with Crippen molar-refractivity contribution in [3.05, 3.63) is 83.2 Å². The number of hydrogen-bond donors (Lipinski definition) is 0. The third kappa shape index (κ3) is 3.64. The highest BCUT2D eigenvalue weighted by Crippen LogP contribution is 2.31. The van der Waals surface area contributed by atoms with Crippen LogP contribution in [0.2, 0.25) is 0 Å². The molecule has 3 heterocycles. The molecule has 0 N–H and O–H groups in total. The SMILES string of the molecule is CCOC(=O)C1=C(C)N=c2s/c(=C/c3ccsc3)c(=O)n2C1c1ccc(OC)cc1. The molecule has 0 aliphatic carbocycles. The molecule has 1 aliphatic rings. The van der Waals surface area contributed by atoms with Gasteiger partial charge in [0, 0.05) is 0 Å². The molecule has 1 atom stereocenters. The van der Waals surface area contributed by atoms with E-state index in [9.17, 15) is 9.59 Å². The van der Waals surface area contributed by atoms with Crippen LogP contribution in [0.4, 0.5) is 0 Å². The van der Waals surface area contributed by atoms with Crippen molar-refractivity contribution < 1.29 is 14.3 Å². The summed E-state index contributed by atoms with van der Waals surface area (Å²) in [5, 5.41) is 3.94. The van der Waals surface area contributed by atoms with Gasteiger partial charge in [0.05, 0.1) is 35.6 Å². The Hall–Kier alpha value is -2.97. The number of rotatable bonds is 5. The second kappa shape index (κ2) is 8.41. The fraction of sp³-hybridized carbons (Fsp3) is 0.227. The maximum atomic E-state index is 13.4. The predicted octanol–water partition coefficient (Wildman–Crippen LogP) is 2.87. The zero-order valence-corrected chi connectivity index (χ0v) is 18.4. The number of nitrogens with zero attached hydrogens (tertiary/aromatic N) is 2. The van der Waals surface area contributed by atoms with Crippen molar-refractivity contribution in [2.45, 2.75) is 19.9 Å². The summed E-state index contributed by atoms with van der Waals surface area (Å²) in [6, 6.07) is 8.69. The smallest absolute Gasteiger partial charge is 0.338 e. The summed E-state index contributed by atoms with van der Waals surface area (Å²) < 4.78 is 12.7. The van der Waals surface area contributed by atoms with Gasteiger partial charge in [-0.2, -0.15) is 11.3 Å². The molecule has 154 valence electrons. The van der Waals surface area contributed by atoms with E-state index < -0.39 is 12.0 Å². The summed E-state index contributed by atoms with van der Waals surface area (Å²) in [4.78, 5) is 31.3. The van der Waals surface area contributed by atoms with Crippen LogP contribution in [0, 0.1) is 0 Å². The zero-order chi connectivity index (χ0) is 21.3. The maximum Gasteiger partial charge on any atom is 0.338 e. The van der Waals surface area contributed by atoms with Crippen molar-refractivity contribution in [1.82, 2.24) is 4.57 Å². The number of ether oxygens (including phenoxy) is 2. The van der Waals surface area contributed by atoms with E-state index in [2.05, 4.69) is 4.99 Å². The summed E-state index contributed by atoms with van der Waals surface area (Å²) in [7, 11) is 1.59. The number of carbonyl (C=O) groups is 1. The van der Waals surface area contributed by atoms with Crippen molar-refractivity contribution in [3.8, 4) is 5.75 Å². The molecule has 1 aromatic carbocycles. The van der Waals surface area contributed by atoms with Gasteiger partial charge in [-0.3, -0.25) is 9.36 Å². The molecule has 0 fully saturated rings. The molecule has 1 aliphatic heterocycles. The van der Waals surface area contributed by atoms with Gasteiger partial charge in [-0.1, -0.05) is 23.5 Å². The average molecular weight is 441 g/mol. The van der Waals surface area contributed by atoms with E-state index in [0.29, 0.717) is 26.4 Å². The number of benzene rings is 1. The van der Waals surface area contributed by atoms with Gasteiger partial charge in [-0.25, -0.2) is 9.79 Å². The normalized spacial score (nSPS) is 16.2. The van der Waals surface area contributed by atoms with Gasteiger partial charge in [0.2, 0.25) is 0 Å². The average Bonchev–Trinajstić information content (AvgIpc) is 3.36. The van der Waals surface area contributed by atoms with Crippen molar-refractivity contribution in [3.63, 3.8) is 0 Å². The number of fused-ring (bicyclic) bond motifs is 1. The molecule has 0 saturated carbocycles. The Balaban J connectivity index is 1.95. The molecule has 0 bridgehead atoms. The molecule has 0 amide bonds. The van der Waals surface area contributed by atoms with Gasteiger partial charge in [0.15, 0.2) is 4.80 Å². The van der Waals surface area contributed by atoms with Crippen molar-refractivity contribution in [2.75, 3.05) is 13.7 Å². The topological polar surface area (TPSA) is 69.9 Å². The van der Waals surface area contributed by atoms with Gasteiger partial charge < -0.3 is 9.47 Å². The molecule has 3 aromatic rings. The monoisotopic (exact) mass is 440 g/mol. The van der Waals surface area contributed by atoms with E-state index in [-0.39, 0.29) is 12.2 Å². The number of esters is 1. The summed E-state index contributed by atoms with van der Waals surface area (Å²) in [5.74, 6) is 0.230. The van der Waals surface area contributed by atoms with Crippen molar-refractivity contribution in [1.29, 1.82) is 0 Å². The number of allylic oxidation sites excluding steroid dienone is 1. The van der Waals surface area contributed by atoms with Crippen LogP contribution >= 0.6 is 22.7 Å². The fourth-order valence-corrected chi connectivity index (χ4v) is 5.07. The Morgan fingerprint density at radius 3 is 2.67 bits per heavy atom. The number of aromatic nitrogens is 1. The van der Waals surface area contributed by atoms with E-state index >= 15 is 0 Å². The molecule has 0 spiro atoms. The number of methoxy groups -OCH3 is 1. The van der Waals surface area contributed by atoms with E-state index in [4.69, 9.17) is 9.47 Å². The van der Waals surface area contributed by atoms with Crippen LogP contribution in [0.15, 0.2) is 62.1 Å². The largest absolute Gasteiger partial charge is 0.497 e. The standard InChI is InChI=1S/C22H20N2O4S2/c1-4-28-21(26)18-13(2)23-22-24(19(18)15-5-7-16(27-3)8-6-15)20(25)17(30-22)11-14-9-10-29-12-14/h5-12,19H,4H2,1-3H3/b17-11+. The summed E-state index contributed by atoms with van der Waals surface area (Å²) in [6.07, 6.45) is 1.86. The molecule has 1 unspecified atom stereocenters. The number of thiazole rings is 1. The molecular formula is C22H20N2O4S2. The lowest BCUT2D eigenvalue weighted by molar-refractivity contribution is -0.139. The number of thiophene rings is 1. The number of hydrogen-bond acceptors (Lipinski definition) is 7. The minimum atomic E-state index is -0.615. The highest BCUT2D eigenvalue weighted by atomic mass is 32.1. The highest BCUT2D eigenvalue weighted by Gasteiger charge is 2.33. The van der Waals surface area contributed by atoms with E-state index in [0.717, 1.165) is 11.1 Å². The van der Waals surface area contributed by atoms with Gasteiger partial charge >= 0.3 is 5.97 Å². The van der Waals surface area contributed by atoms with E-state index in [1.54, 1.807) is 36.9 Å². The Kier molecular flexibility index (Phi) is 5.69. The first-order valence-electron chi connectivity index (χ1n) is 9.39. The third-order valence-corrected chi connectivity index (χ3v) is 6.47. The third-order valence-electron chi connectivity index (χ3n) is 4.79. The summed E-state index contributed by atoms with van der Waals surface area (Å²) in [6.45, 7) is 3.78. The van der Waals surface area contributed by atoms with Gasteiger partial charge in [-0.15, -0.1) is 0 Å². The second-order valence-electron chi connectivity index (χ2n) is 6.63. The molecule has 2 aromatic heterocycles. The quantitative estimate of drug-likeness (QED) is 0.572. The molecule has 30 heavy (non-hydrogen) atoms. The van der Waals surface area contributed by atoms with Gasteiger partial charge in [0.1, 0.15) is 5.75 Å². The van der Waals surface area contributed by atoms with Gasteiger partial charge in [-0.05, 0) is 60.0 Å². The van der Waals surface area contributed by atoms with Crippen LogP contribution in [-0.2, 0) is 9.53 Å². The zero-order valence-electron chi connectivity index (χ0n) is 16.7. The maximum absolute atomic E-state index is 13.4. The highest BCUT2D eigenvalue weighted by molar-refractivity contribution is 7.08. The molecular weight excluding hydrogens is 420 g/mol. The van der Waals surface area contributed by atoms with Crippen LogP contribution < -0.4 is 19.6 Å². The lowest BCUT2D eigenvalue weighted by atomic mass is 9.96. The van der Waals surface area contributed by atoms with Crippen LogP contribution in [-0.4, -0.2) is 24.3 Å². The minimum absolute atomic E-state index is 0.180. The second-order valence-corrected chi connectivity index (χ2v) is 8.42. The fourth-order valence-electron chi connectivity index (χ4n) is 3.40. The van der Waals surface area contributed by atoms with Crippen LogP contribution in [0.3, 0.4) is 0 Å². The van der Waals surface area contributed by atoms with Crippen LogP contribution in [0.5, 0.6) is 5.75 Å². The predicted molar refractivity (Wildman–Crippen MR) is 118 cm³/mol. The van der Waals surface area contributed by atoms with E-state index in [1.807, 2.05) is 47.2 Å². The Bertz CT molecular complexity index is 1280. The Morgan fingerprint density at radius 1 is 1.27 bits per heavy atom. The van der Waals surface area contributed by atoms with Crippen molar-refractivity contribution >= 4 is 34.7 Å². The summed E-state index contributed by atoms with van der Waals surface area (Å²) >= 11 is 2.89. The van der Waals surface area contributed by atoms with E-state index in [1.165, 1.54) is 11.3 Å². The Morgan fingerprint density at radius 2 is 2.03 bits per heavy atom. The summed E-state index contributed by atoms with van der Waals surface area (Å²) in [5.41, 5.74) is 2.50.